The molecule has 0 fully saturated rings. The third-order valence-corrected chi connectivity index (χ3v) is 2.82. The monoisotopic (exact) mass is 257 g/mol. The number of ketones is 1. The van der Waals surface area contributed by atoms with E-state index in [9.17, 15) is 9.59 Å². The molecule has 0 aliphatic carbocycles. The summed E-state index contributed by atoms with van der Waals surface area (Å²) in [6.45, 7) is 1.75. The smallest absolute Gasteiger partial charge is 0.336 e. The maximum atomic E-state index is 12.0. The molecular formula is C14H11NO4. The minimum atomic E-state index is -0.538. The number of carbonyl (C=O) groups excluding carboxylic acids is 1. The Morgan fingerprint density at radius 1 is 1.47 bits per heavy atom. The highest BCUT2D eigenvalue weighted by atomic mass is 16.5. The maximum absolute atomic E-state index is 12.0. The Kier molecular flexibility index (Phi) is 3.34. The number of benzene rings is 1. The molecule has 0 saturated carbocycles. The first-order valence-electron chi connectivity index (χ1n) is 5.60. The van der Waals surface area contributed by atoms with Gasteiger partial charge in [0.15, 0.2) is 11.4 Å². The van der Waals surface area contributed by atoms with Crippen LogP contribution >= 0.6 is 0 Å². The lowest BCUT2D eigenvalue weighted by atomic mass is 10.0. The maximum Gasteiger partial charge on any atom is 0.336 e. The largest absolute Gasteiger partial charge is 0.496 e. The number of carbonyl (C=O) groups is 1. The van der Waals surface area contributed by atoms with E-state index in [1.807, 2.05) is 0 Å². The number of fused-ring (bicyclic) bond motifs is 1. The van der Waals surface area contributed by atoms with Gasteiger partial charge in [-0.15, -0.1) is 0 Å². The summed E-state index contributed by atoms with van der Waals surface area (Å²) in [4.78, 5) is 23.4. The molecule has 0 saturated heterocycles. The van der Waals surface area contributed by atoms with Gasteiger partial charge in [-0.05, 0) is 24.6 Å². The standard InChI is InChI=1S/C14H11NO4/c1-8-7-12(17)19-14-9(8)3-4-11(18-2)13(14)10(16)5-6-15/h3-4,7H,5H2,1-2H3. The van der Waals surface area contributed by atoms with Crippen molar-refractivity contribution >= 4 is 16.8 Å². The number of aryl methyl sites for hydroxylation is 1. The fourth-order valence-corrected chi connectivity index (χ4v) is 1.96. The van der Waals surface area contributed by atoms with Gasteiger partial charge >= 0.3 is 5.63 Å². The van der Waals surface area contributed by atoms with Gasteiger partial charge in [-0.2, -0.15) is 5.26 Å². The summed E-state index contributed by atoms with van der Waals surface area (Å²) in [5, 5.41) is 9.29. The van der Waals surface area contributed by atoms with Crippen molar-refractivity contribution in [1.82, 2.24) is 0 Å². The van der Waals surface area contributed by atoms with E-state index >= 15 is 0 Å². The summed E-state index contributed by atoms with van der Waals surface area (Å²) < 4.78 is 10.2. The topological polar surface area (TPSA) is 80.3 Å². The Morgan fingerprint density at radius 2 is 2.21 bits per heavy atom. The first-order chi connectivity index (χ1) is 9.08. The first-order valence-corrected chi connectivity index (χ1v) is 5.60. The molecule has 0 aliphatic heterocycles. The van der Waals surface area contributed by atoms with Crippen molar-refractivity contribution in [2.24, 2.45) is 0 Å². The Bertz CT molecular complexity index is 752. The average Bonchev–Trinajstić information content (AvgIpc) is 2.37. The van der Waals surface area contributed by atoms with E-state index in [0.717, 1.165) is 0 Å². The van der Waals surface area contributed by atoms with Gasteiger partial charge in [0.1, 0.15) is 11.3 Å². The van der Waals surface area contributed by atoms with E-state index in [2.05, 4.69) is 0 Å². The predicted octanol–water partition coefficient (Wildman–Crippen LogP) is 2.21. The number of hydrogen-bond acceptors (Lipinski definition) is 5. The molecule has 0 aliphatic rings. The van der Waals surface area contributed by atoms with E-state index < -0.39 is 11.4 Å². The minimum Gasteiger partial charge on any atom is -0.496 e. The van der Waals surface area contributed by atoms with Gasteiger partial charge in [0.05, 0.1) is 19.6 Å². The van der Waals surface area contributed by atoms with Crippen LogP contribution in [0.2, 0.25) is 0 Å². The van der Waals surface area contributed by atoms with Crippen LogP contribution in [0.4, 0.5) is 0 Å². The Hall–Kier alpha value is -2.61. The molecule has 1 heterocycles. The summed E-state index contributed by atoms with van der Waals surface area (Å²) in [6, 6.07) is 6.48. The molecule has 0 atom stereocenters. The molecule has 0 N–H and O–H groups in total. The lowest BCUT2D eigenvalue weighted by molar-refractivity contribution is 0.0995. The molecule has 96 valence electrons. The molecule has 0 spiro atoms. The van der Waals surface area contributed by atoms with Crippen molar-refractivity contribution in [2.45, 2.75) is 13.3 Å². The SMILES string of the molecule is COc1ccc2c(C)cc(=O)oc2c1C(=O)CC#N. The van der Waals surface area contributed by atoms with E-state index in [0.29, 0.717) is 16.7 Å². The fourth-order valence-electron chi connectivity index (χ4n) is 1.96. The second-order valence-corrected chi connectivity index (χ2v) is 4.03. The van der Waals surface area contributed by atoms with Crippen LogP contribution in [0.25, 0.3) is 11.0 Å². The van der Waals surface area contributed by atoms with Crippen molar-refractivity contribution < 1.29 is 13.9 Å². The molecule has 1 aromatic carbocycles. The lowest BCUT2D eigenvalue weighted by Crippen LogP contribution is -2.06. The molecule has 5 nitrogen and oxygen atoms in total. The molecular weight excluding hydrogens is 246 g/mol. The van der Waals surface area contributed by atoms with Crippen molar-refractivity contribution in [3.63, 3.8) is 0 Å². The zero-order valence-corrected chi connectivity index (χ0v) is 10.5. The first kappa shape index (κ1) is 12.8. The van der Waals surface area contributed by atoms with Crippen molar-refractivity contribution in [1.29, 1.82) is 5.26 Å². The number of nitrogens with zero attached hydrogens (tertiary/aromatic N) is 1. The number of rotatable bonds is 3. The van der Waals surface area contributed by atoms with Crippen LogP contribution < -0.4 is 10.4 Å². The zero-order chi connectivity index (χ0) is 14.0. The summed E-state index contributed by atoms with van der Waals surface area (Å²) in [5.74, 6) is -0.139. The van der Waals surface area contributed by atoms with Crippen LogP contribution in [0.5, 0.6) is 5.75 Å². The number of Topliss-reactive ketones (excluding diaryl/α,β-unsaturated/α-hetero) is 1. The van der Waals surface area contributed by atoms with Gasteiger partial charge in [0.25, 0.3) is 0 Å². The van der Waals surface area contributed by atoms with Gasteiger partial charge in [0, 0.05) is 11.5 Å². The average molecular weight is 257 g/mol. The normalized spacial score (nSPS) is 10.2. The van der Waals surface area contributed by atoms with E-state index in [1.165, 1.54) is 13.2 Å². The molecule has 19 heavy (non-hydrogen) atoms. The summed E-state index contributed by atoms with van der Waals surface area (Å²) >= 11 is 0. The van der Waals surface area contributed by atoms with Crippen molar-refractivity contribution in [2.75, 3.05) is 7.11 Å². The molecule has 5 heteroatoms. The minimum absolute atomic E-state index is 0.141. The van der Waals surface area contributed by atoms with Crippen LogP contribution in [-0.4, -0.2) is 12.9 Å². The van der Waals surface area contributed by atoms with E-state index in [-0.39, 0.29) is 17.6 Å². The zero-order valence-electron chi connectivity index (χ0n) is 10.5. The molecule has 0 bridgehead atoms. The molecule has 0 unspecified atom stereocenters. The second kappa shape index (κ2) is 4.94. The van der Waals surface area contributed by atoms with E-state index in [1.54, 1.807) is 25.1 Å². The van der Waals surface area contributed by atoms with Gasteiger partial charge in [-0.1, -0.05) is 0 Å². The highest BCUT2D eigenvalue weighted by molar-refractivity contribution is 6.09. The molecule has 0 amide bonds. The number of ether oxygens (including phenoxy) is 1. The quantitative estimate of drug-likeness (QED) is 0.622. The Labute approximate surface area is 109 Å². The van der Waals surface area contributed by atoms with E-state index in [4.69, 9.17) is 14.4 Å². The van der Waals surface area contributed by atoms with Crippen molar-refractivity contribution in [3.8, 4) is 11.8 Å². The van der Waals surface area contributed by atoms with Gasteiger partial charge in [-0.25, -0.2) is 4.79 Å². The summed E-state index contributed by atoms with van der Waals surface area (Å²) in [5.41, 5.74) is 0.483. The Balaban J connectivity index is 2.88. The van der Waals surface area contributed by atoms with Gasteiger partial charge in [0.2, 0.25) is 0 Å². The van der Waals surface area contributed by atoms with Crippen LogP contribution in [0.1, 0.15) is 22.3 Å². The van der Waals surface area contributed by atoms with Gasteiger partial charge in [-0.3, -0.25) is 4.79 Å². The molecule has 2 rings (SSSR count). The number of nitriles is 1. The van der Waals surface area contributed by atoms with Crippen LogP contribution in [0, 0.1) is 18.3 Å². The number of hydrogen-bond donors (Lipinski definition) is 0. The lowest BCUT2D eigenvalue weighted by Gasteiger charge is -2.09. The Morgan fingerprint density at radius 3 is 2.84 bits per heavy atom. The molecule has 0 radical (unpaired) electrons. The third-order valence-electron chi connectivity index (χ3n) is 2.82. The molecule has 1 aromatic heterocycles. The number of methoxy groups -OCH3 is 1. The highest BCUT2D eigenvalue weighted by Crippen LogP contribution is 2.29. The van der Waals surface area contributed by atoms with Crippen LogP contribution in [-0.2, 0) is 0 Å². The fraction of sp³-hybridized carbons (Fsp3) is 0.214. The molecule has 2 aromatic rings. The highest BCUT2D eigenvalue weighted by Gasteiger charge is 2.19. The van der Waals surface area contributed by atoms with Crippen molar-refractivity contribution in [3.05, 3.63) is 39.7 Å². The summed E-state index contributed by atoms with van der Waals surface area (Å²) in [6.07, 6.45) is -0.298. The van der Waals surface area contributed by atoms with Crippen LogP contribution in [0.3, 0.4) is 0 Å². The predicted molar refractivity (Wildman–Crippen MR) is 68.3 cm³/mol. The summed E-state index contributed by atoms with van der Waals surface area (Å²) in [7, 11) is 1.41. The second-order valence-electron chi connectivity index (χ2n) is 4.03. The van der Waals surface area contributed by atoms with Crippen LogP contribution in [0.15, 0.2) is 27.4 Å². The van der Waals surface area contributed by atoms with Gasteiger partial charge < -0.3 is 9.15 Å². The third kappa shape index (κ3) is 2.20.